The van der Waals surface area contributed by atoms with E-state index in [9.17, 15) is 4.79 Å². The van der Waals surface area contributed by atoms with Crippen LogP contribution in [0.4, 0.5) is 0 Å². The molecule has 4 aliphatic rings. The average molecular weight is 386 g/mol. The van der Waals surface area contributed by atoms with Gasteiger partial charge in [-0.2, -0.15) is 0 Å². The highest BCUT2D eigenvalue weighted by Crippen LogP contribution is 2.66. The van der Waals surface area contributed by atoms with Crippen LogP contribution in [0.3, 0.4) is 0 Å². The maximum absolute atomic E-state index is 11.9. The van der Waals surface area contributed by atoms with Gasteiger partial charge >= 0.3 is 0 Å². The summed E-state index contributed by atoms with van der Waals surface area (Å²) in [6.07, 6.45) is 16.5. The lowest BCUT2D eigenvalue weighted by Crippen LogP contribution is -2.59. The molecule has 1 N–H and O–H groups in total. The van der Waals surface area contributed by atoms with Crippen LogP contribution in [0, 0.1) is 46.3 Å². The Labute approximate surface area is 173 Å². The van der Waals surface area contributed by atoms with E-state index in [-0.39, 0.29) is 11.3 Å². The number of amides is 1. The molecule has 1 heterocycles. The highest BCUT2D eigenvalue weighted by molar-refractivity contribution is 5.89. The Bertz CT molecular complexity index is 624. The standard InChI is InChI=1S/C26H43NO/c1-17(2)7-6-8-18(3)20-10-11-21-19-9-12-23-26(5,16-14-24(28)27-23)22(19)13-15-25(20,21)4/h14,16-23H,6-13,15H2,1-5H3,(H,27,28)/t18-,19+,20-,21+,22+,23?,25-,26-/m1/s1. The second-order valence-corrected chi connectivity index (χ2v) is 11.7. The van der Waals surface area contributed by atoms with Gasteiger partial charge < -0.3 is 5.32 Å². The van der Waals surface area contributed by atoms with Gasteiger partial charge in [-0.1, -0.05) is 60.0 Å². The largest absolute Gasteiger partial charge is 0.349 e. The molecule has 0 spiro atoms. The minimum absolute atomic E-state index is 0.123. The quantitative estimate of drug-likeness (QED) is 0.586. The minimum Gasteiger partial charge on any atom is -0.349 e. The number of fused-ring (bicyclic) bond motifs is 5. The van der Waals surface area contributed by atoms with Gasteiger partial charge in [-0.05, 0) is 85.5 Å². The smallest absolute Gasteiger partial charge is 0.243 e. The molecular formula is C26H43NO. The molecule has 1 aliphatic heterocycles. The Balaban J connectivity index is 1.49. The van der Waals surface area contributed by atoms with Gasteiger partial charge in [0.2, 0.25) is 5.91 Å². The molecule has 2 nitrogen and oxygen atoms in total. The van der Waals surface area contributed by atoms with Crippen LogP contribution in [-0.4, -0.2) is 11.9 Å². The molecule has 0 aromatic carbocycles. The Morgan fingerprint density at radius 2 is 1.82 bits per heavy atom. The van der Waals surface area contributed by atoms with E-state index in [0.717, 1.165) is 35.5 Å². The molecule has 28 heavy (non-hydrogen) atoms. The third-order valence-electron chi connectivity index (χ3n) is 9.89. The predicted octanol–water partition coefficient (Wildman–Crippen LogP) is 6.36. The Morgan fingerprint density at radius 3 is 2.57 bits per heavy atom. The fourth-order valence-electron chi connectivity index (χ4n) is 8.36. The van der Waals surface area contributed by atoms with E-state index >= 15 is 0 Å². The molecule has 2 heteroatoms. The SMILES string of the molecule is CC(C)CCC[C@@H](C)[C@H]1CC[C@H]2[C@@H]3CCC4NC(=O)C=C[C@]4(C)[C@H]3CC[C@]12C. The molecule has 158 valence electrons. The van der Waals surface area contributed by atoms with Gasteiger partial charge in [0.25, 0.3) is 0 Å². The van der Waals surface area contributed by atoms with Crippen molar-refractivity contribution in [3.8, 4) is 0 Å². The average Bonchev–Trinajstić information content (AvgIpc) is 2.99. The van der Waals surface area contributed by atoms with Crippen molar-refractivity contribution in [1.82, 2.24) is 5.32 Å². The van der Waals surface area contributed by atoms with Crippen LogP contribution in [0.2, 0.25) is 0 Å². The van der Waals surface area contributed by atoms with Gasteiger partial charge in [-0.15, -0.1) is 0 Å². The number of carbonyl (C=O) groups excluding carboxylic acids is 1. The summed E-state index contributed by atoms with van der Waals surface area (Å²) in [7, 11) is 0. The molecule has 0 aromatic rings. The van der Waals surface area contributed by atoms with Crippen molar-refractivity contribution in [1.29, 1.82) is 0 Å². The lowest BCUT2D eigenvalue weighted by atomic mass is 9.47. The fourth-order valence-corrected chi connectivity index (χ4v) is 8.36. The topological polar surface area (TPSA) is 29.1 Å². The Hall–Kier alpha value is -0.790. The van der Waals surface area contributed by atoms with Crippen LogP contribution in [0.5, 0.6) is 0 Å². The van der Waals surface area contributed by atoms with Crippen molar-refractivity contribution < 1.29 is 4.79 Å². The molecular weight excluding hydrogens is 342 g/mol. The normalized spacial score (nSPS) is 45.9. The summed E-state index contributed by atoms with van der Waals surface area (Å²) in [4.78, 5) is 11.9. The van der Waals surface area contributed by atoms with E-state index in [1.807, 2.05) is 6.08 Å². The van der Waals surface area contributed by atoms with Gasteiger partial charge in [0.15, 0.2) is 0 Å². The lowest BCUT2D eigenvalue weighted by molar-refractivity contribution is -0.122. The zero-order valence-corrected chi connectivity index (χ0v) is 19.0. The number of carbonyl (C=O) groups is 1. The third kappa shape index (κ3) is 3.27. The van der Waals surface area contributed by atoms with Crippen molar-refractivity contribution in [2.45, 2.75) is 98.4 Å². The summed E-state index contributed by atoms with van der Waals surface area (Å²) in [6, 6.07) is 0.364. The number of hydrogen-bond donors (Lipinski definition) is 1. The summed E-state index contributed by atoms with van der Waals surface area (Å²) in [6.45, 7) is 12.4. The highest BCUT2D eigenvalue weighted by Gasteiger charge is 2.60. The zero-order valence-electron chi connectivity index (χ0n) is 19.0. The first-order valence-electron chi connectivity index (χ1n) is 12.3. The Kier molecular flexibility index (Phi) is 5.47. The minimum atomic E-state index is 0.123. The summed E-state index contributed by atoms with van der Waals surface area (Å²) in [5.41, 5.74) is 0.738. The molecule has 1 unspecified atom stereocenters. The van der Waals surface area contributed by atoms with E-state index in [2.05, 4.69) is 46.0 Å². The summed E-state index contributed by atoms with van der Waals surface area (Å²) >= 11 is 0. The number of rotatable bonds is 5. The number of nitrogens with one attached hydrogen (secondary N) is 1. The van der Waals surface area contributed by atoms with Gasteiger partial charge in [-0.25, -0.2) is 0 Å². The van der Waals surface area contributed by atoms with E-state index < -0.39 is 0 Å². The first kappa shape index (κ1) is 20.5. The van der Waals surface area contributed by atoms with Crippen LogP contribution in [0.15, 0.2) is 12.2 Å². The van der Waals surface area contributed by atoms with Gasteiger partial charge in [0, 0.05) is 11.5 Å². The highest BCUT2D eigenvalue weighted by atomic mass is 16.1. The molecule has 3 fully saturated rings. The van der Waals surface area contributed by atoms with Crippen LogP contribution in [-0.2, 0) is 4.79 Å². The van der Waals surface area contributed by atoms with Gasteiger partial charge in [0.1, 0.15) is 0 Å². The van der Waals surface area contributed by atoms with E-state index in [1.54, 1.807) is 0 Å². The number of hydrogen-bond acceptors (Lipinski definition) is 1. The summed E-state index contributed by atoms with van der Waals surface area (Å²) in [5.74, 6) is 5.31. The maximum Gasteiger partial charge on any atom is 0.243 e. The third-order valence-corrected chi connectivity index (χ3v) is 9.89. The molecule has 8 atom stereocenters. The first-order valence-corrected chi connectivity index (χ1v) is 12.3. The predicted molar refractivity (Wildman–Crippen MR) is 117 cm³/mol. The van der Waals surface area contributed by atoms with Crippen molar-refractivity contribution >= 4 is 5.91 Å². The second-order valence-electron chi connectivity index (χ2n) is 11.7. The Morgan fingerprint density at radius 1 is 1.04 bits per heavy atom. The van der Waals surface area contributed by atoms with Crippen LogP contribution >= 0.6 is 0 Å². The molecule has 0 saturated heterocycles. The van der Waals surface area contributed by atoms with Crippen LogP contribution < -0.4 is 5.32 Å². The molecule has 0 bridgehead atoms. The van der Waals surface area contributed by atoms with E-state index in [1.165, 1.54) is 57.8 Å². The van der Waals surface area contributed by atoms with Crippen molar-refractivity contribution in [2.24, 2.45) is 46.3 Å². The van der Waals surface area contributed by atoms with Gasteiger partial charge in [0.05, 0.1) is 0 Å². The van der Waals surface area contributed by atoms with Gasteiger partial charge in [-0.3, -0.25) is 4.79 Å². The zero-order chi connectivity index (χ0) is 20.1. The summed E-state index contributed by atoms with van der Waals surface area (Å²) in [5, 5.41) is 3.29. The van der Waals surface area contributed by atoms with Crippen molar-refractivity contribution in [3.05, 3.63) is 12.2 Å². The second kappa shape index (κ2) is 7.47. The van der Waals surface area contributed by atoms with Crippen molar-refractivity contribution in [2.75, 3.05) is 0 Å². The monoisotopic (exact) mass is 385 g/mol. The van der Waals surface area contributed by atoms with Crippen LogP contribution in [0.25, 0.3) is 0 Å². The molecule has 0 aromatic heterocycles. The molecule has 1 amide bonds. The van der Waals surface area contributed by atoms with E-state index in [4.69, 9.17) is 0 Å². The molecule has 3 saturated carbocycles. The molecule has 3 aliphatic carbocycles. The van der Waals surface area contributed by atoms with Crippen LogP contribution in [0.1, 0.15) is 92.4 Å². The summed E-state index contributed by atoms with van der Waals surface area (Å²) < 4.78 is 0. The molecule has 4 rings (SSSR count). The fraction of sp³-hybridized carbons (Fsp3) is 0.885. The maximum atomic E-state index is 11.9. The van der Waals surface area contributed by atoms with E-state index in [0.29, 0.717) is 11.5 Å². The first-order chi connectivity index (χ1) is 13.3. The lowest BCUT2D eigenvalue weighted by Gasteiger charge is -2.59. The van der Waals surface area contributed by atoms with Crippen molar-refractivity contribution in [3.63, 3.8) is 0 Å². The molecule has 0 radical (unpaired) electrons.